The zero-order valence-corrected chi connectivity index (χ0v) is 11.6. The van der Waals surface area contributed by atoms with Crippen LogP contribution in [0.25, 0.3) is 10.8 Å². The molecule has 2 heteroatoms. The van der Waals surface area contributed by atoms with E-state index in [2.05, 4.69) is 30.3 Å². The fraction of sp³-hybridized carbons (Fsp3) is 0.158. The SMILES string of the molecule is OC1COc2ccc3ccccc3c2C1c1ccccc1. The Labute approximate surface area is 123 Å². The smallest absolute Gasteiger partial charge is 0.123 e. The van der Waals surface area contributed by atoms with E-state index < -0.39 is 6.10 Å². The van der Waals surface area contributed by atoms with Gasteiger partial charge in [-0.15, -0.1) is 0 Å². The third-order valence-electron chi connectivity index (χ3n) is 4.19. The summed E-state index contributed by atoms with van der Waals surface area (Å²) in [5, 5.41) is 12.8. The lowest BCUT2D eigenvalue weighted by Crippen LogP contribution is -2.31. The number of aliphatic hydroxyl groups excluding tert-OH is 1. The first-order valence-electron chi connectivity index (χ1n) is 7.22. The van der Waals surface area contributed by atoms with Gasteiger partial charge in [0, 0.05) is 11.5 Å². The van der Waals surface area contributed by atoms with E-state index in [4.69, 9.17) is 4.74 Å². The number of hydrogen-bond acceptors (Lipinski definition) is 2. The number of hydrogen-bond donors (Lipinski definition) is 1. The van der Waals surface area contributed by atoms with Crippen molar-refractivity contribution in [2.75, 3.05) is 6.61 Å². The van der Waals surface area contributed by atoms with Gasteiger partial charge >= 0.3 is 0 Å². The summed E-state index contributed by atoms with van der Waals surface area (Å²) in [6, 6.07) is 22.5. The molecule has 4 rings (SSSR count). The van der Waals surface area contributed by atoms with Crippen molar-refractivity contribution in [1.29, 1.82) is 0 Å². The molecule has 0 aliphatic carbocycles. The Morgan fingerprint density at radius 3 is 2.48 bits per heavy atom. The number of rotatable bonds is 1. The lowest BCUT2D eigenvalue weighted by Gasteiger charge is -2.32. The summed E-state index contributed by atoms with van der Waals surface area (Å²) in [6.07, 6.45) is -0.522. The second-order valence-electron chi connectivity index (χ2n) is 5.47. The second kappa shape index (κ2) is 4.90. The zero-order valence-electron chi connectivity index (χ0n) is 11.6. The van der Waals surface area contributed by atoms with E-state index in [0.717, 1.165) is 22.3 Å². The van der Waals surface area contributed by atoms with E-state index in [1.807, 2.05) is 36.4 Å². The summed E-state index contributed by atoms with van der Waals surface area (Å²) in [7, 11) is 0. The van der Waals surface area contributed by atoms with Crippen LogP contribution in [0.3, 0.4) is 0 Å². The van der Waals surface area contributed by atoms with E-state index >= 15 is 0 Å². The molecule has 1 heterocycles. The highest BCUT2D eigenvalue weighted by Crippen LogP contribution is 2.42. The predicted octanol–water partition coefficient (Wildman–Crippen LogP) is 3.73. The first kappa shape index (κ1) is 12.4. The Morgan fingerprint density at radius 1 is 0.857 bits per heavy atom. The van der Waals surface area contributed by atoms with Gasteiger partial charge in [0.25, 0.3) is 0 Å². The van der Waals surface area contributed by atoms with Gasteiger partial charge in [-0.3, -0.25) is 0 Å². The molecule has 0 spiro atoms. The summed E-state index contributed by atoms with van der Waals surface area (Å²) in [5.74, 6) is 0.842. The molecule has 2 nitrogen and oxygen atoms in total. The van der Waals surface area contributed by atoms with Crippen LogP contribution < -0.4 is 4.74 Å². The van der Waals surface area contributed by atoms with Crippen LogP contribution in [0.2, 0.25) is 0 Å². The molecule has 0 radical (unpaired) electrons. The molecule has 1 aliphatic heterocycles. The van der Waals surface area contributed by atoms with E-state index in [1.165, 1.54) is 5.39 Å². The van der Waals surface area contributed by atoms with Crippen LogP contribution in [-0.4, -0.2) is 17.8 Å². The Bertz CT molecular complexity index is 780. The minimum absolute atomic E-state index is 0.0407. The van der Waals surface area contributed by atoms with Crippen LogP contribution in [0.5, 0.6) is 5.75 Å². The van der Waals surface area contributed by atoms with Crippen molar-refractivity contribution < 1.29 is 9.84 Å². The second-order valence-corrected chi connectivity index (χ2v) is 5.47. The highest BCUT2D eigenvalue weighted by molar-refractivity contribution is 5.89. The van der Waals surface area contributed by atoms with Gasteiger partial charge in [0.1, 0.15) is 12.4 Å². The summed E-state index contributed by atoms with van der Waals surface area (Å²) in [5.41, 5.74) is 2.23. The number of ether oxygens (including phenoxy) is 1. The molecule has 2 unspecified atom stereocenters. The van der Waals surface area contributed by atoms with E-state index in [1.54, 1.807) is 0 Å². The standard InChI is InChI=1S/C19H16O2/c20-16-12-21-17-11-10-13-6-4-5-9-15(13)19(17)18(16)14-7-2-1-3-8-14/h1-11,16,18,20H,12H2. The lowest BCUT2D eigenvalue weighted by molar-refractivity contribution is 0.0778. The van der Waals surface area contributed by atoms with Crippen LogP contribution in [0.1, 0.15) is 17.0 Å². The monoisotopic (exact) mass is 276 g/mol. The molecule has 0 aromatic heterocycles. The molecule has 21 heavy (non-hydrogen) atoms. The third-order valence-corrected chi connectivity index (χ3v) is 4.19. The summed E-state index contributed by atoms with van der Waals surface area (Å²) >= 11 is 0. The molecule has 0 bridgehead atoms. The Balaban J connectivity index is 2.00. The molecular formula is C19H16O2. The van der Waals surface area contributed by atoms with E-state index in [-0.39, 0.29) is 5.92 Å². The van der Waals surface area contributed by atoms with Crippen molar-refractivity contribution in [3.8, 4) is 5.75 Å². The molecule has 1 aliphatic rings. The largest absolute Gasteiger partial charge is 0.491 e. The molecule has 104 valence electrons. The average molecular weight is 276 g/mol. The van der Waals surface area contributed by atoms with E-state index in [9.17, 15) is 5.11 Å². The zero-order chi connectivity index (χ0) is 14.2. The Kier molecular flexibility index (Phi) is 2.90. The van der Waals surface area contributed by atoms with E-state index in [0.29, 0.717) is 6.61 Å². The van der Waals surface area contributed by atoms with Gasteiger partial charge in [0.05, 0.1) is 6.10 Å². The number of aliphatic hydroxyl groups is 1. The van der Waals surface area contributed by atoms with Crippen molar-refractivity contribution in [3.05, 3.63) is 77.9 Å². The number of fused-ring (bicyclic) bond motifs is 3. The number of benzene rings is 3. The Hall–Kier alpha value is -2.32. The van der Waals surface area contributed by atoms with Gasteiger partial charge in [0.2, 0.25) is 0 Å². The molecule has 2 atom stereocenters. The molecule has 3 aromatic rings. The minimum atomic E-state index is -0.522. The predicted molar refractivity (Wildman–Crippen MR) is 83.7 cm³/mol. The van der Waals surface area contributed by atoms with Crippen molar-refractivity contribution in [2.24, 2.45) is 0 Å². The Morgan fingerprint density at radius 2 is 1.62 bits per heavy atom. The van der Waals surface area contributed by atoms with Gasteiger partial charge in [-0.1, -0.05) is 60.7 Å². The minimum Gasteiger partial charge on any atom is -0.491 e. The first-order valence-corrected chi connectivity index (χ1v) is 7.22. The van der Waals surface area contributed by atoms with Crippen molar-refractivity contribution >= 4 is 10.8 Å². The van der Waals surface area contributed by atoms with Gasteiger partial charge in [-0.2, -0.15) is 0 Å². The normalized spacial score (nSPS) is 20.8. The van der Waals surface area contributed by atoms with Gasteiger partial charge in [-0.05, 0) is 22.4 Å². The van der Waals surface area contributed by atoms with Crippen LogP contribution in [0.4, 0.5) is 0 Å². The molecule has 0 saturated heterocycles. The van der Waals surface area contributed by atoms with Crippen LogP contribution in [-0.2, 0) is 0 Å². The van der Waals surface area contributed by atoms with Crippen LogP contribution >= 0.6 is 0 Å². The highest BCUT2D eigenvalue weighted by atomic mass is 16.5. The van der Waals surface area contributed by atoms with Gasteiger partial charge < -0.3 is 9.84 Å². The maximum Gasteiger partial charge on any atom is 0.123 e. The van der Waals surface area contributed by atoms with Crippen molar-refractivity contribution in [3.63, 3.8) is 0 Å². The molecule has 0 saturated carbocycles. The van der Waals surface area contributed by atoms with Crippen molar-refractivity contribution in [2.45, 2.75) is 12.0 Å². The maximum absolute atomic E-state index is 10.5. The molecule has 3 aromatic carbocycles. The molecule has 0 amide bonds. The molecule has 1 N–H and O–H groups in total. The van der Waals surface area contributed by atoms with Crippen LogP contribution in [0.15, 0.2) is 66.7 Å². The fourth-order valence-electron chi connectivity index (χ4n) is 3.24. The summed E-state index contributed by atoms with van der Waals surface area (Å²) in [6.45, 7) is 0.338. The summed E-state index contributed by atoms with van der Waals surface area (Å²) < 4.78 is 5.75. The fourth-order valence-corrected chi connectivity index (χ4v) is 3.24. The van der Waals surface area contributed by atoms with Crippen LogP contribution in [0, 0.1) is 0 Å². The van der Waals surface area contributed by atoms with Gasteiger partial charge in [-0.25, -0.2) is 0 Å². The van der Waals surface area contributed by atoms with Gasteiger partial charge in [0.15, 0.2) is 0 Å². The average Bonchev–Trinajstić information content (AvgIpc) is 2.55. The first-order chi connectivity index (χ1) is 10.3. The maximum atomic E-state index is 10.5. The molecule has 0 fully saturated rings. The van der Waals surface area contributed by atoms with Crippen molar-refractivity contribution in [1.82, 2.24) is 0 Å². The topological polar surface area (TPSA) is 29.5 Å². The third kappa shape index (κ3) is 1.99. The highest BCUT2D eigenvalue weighted by Gasteiger charge is 2.32. The summed E-state index contributed by atoms with van der Waals surface area (Å²) in [4.78, 5) is 0. The lowest BCUT2D eigenvalue weighted by atomic mass is 9.82. The molecular weight excluding hydrogens is 260 g/mol. The quantitative estimate of drug-likeness (QED) is 0.734.